The smallest absolute Gasteiger partial charge is 0.242 e. The van der Waals surface area contributed by atoms with Gasteiger partial charge in [0.05, 0.1) is 0 Å². The summed E-state index contributed by atoms with van der Waals surface area (Å²) >= 11 is 0. The highest BCUT2D eigenvalue weighted by Crippen LogP contribution is 2.17. The Labute approximate surface area is 150 Å². The number of amides is 2. The van der Waals surface area contributed by atoms with Crippen LogP contribution in [0, 0.1) is 5.92 Å². The fourth-order valence-corrected chi connectivity index (χ4v) is 2.82. The molecule has 1 aromatic rings. The summed E-state index contributed by atoms with van der Waals surface area (Å²) in [6, 6.07) is 9.24. The van der Waals surface area contributed by atoms with Crippen LogP contribution >= 0.6 is 12.4 Å². The minimum atomic E-state index is -0.501. The molecule has 0 bridgehead atoms. The number of halogens is 1. The Hall–Kier alpha value is -1.59. The molecule has 5 nitrogen and oxygen atoms in total. The lowest BCUT2D eigenvalue weighted by molar-refractivity contribution is -0.128. The Balaban J connectivity index is 0.00000288. The average molecular weight is 354 g/mol. The number of hydrogen-bond donors (Lipinski definition) is 3. The molecule has 1 heterocycles. The average Bonchev–Trinajstić information content (AvgIpc) is 2.59. The van der Waals surface area contributed by atoms with Crippen LogP contribution in [0.15, 0.2) is 30.3 Å². The molecule has 0 saturated carbocycles. The van der Waals surface area contributed by atoms with Gasteiger partial charge in [-0.15, -0.1) is 12.4 Å². The van der Waals surface area contributed by atoms with Gasteiger partial charge in [0.25, 0.3) is 0 Å². The van der Waals surface area contributed by atoms with Gasteiger partial charge < -0.3 is 16.0 Å². The second-order valence-electron chi connectivity index (χ2n) is 6.22. The van der Waals surface area contributed by atoms with Crippen molar-refractivity contribution in [2.24, 2.45) is 5.92 Å². The van der Waals surface area contributed by atoms with Gasteiger partial charge in [-0.05, 0) is 50.8 Å². The number of nitrogens with one attached hydrogen (secondary N) is 3. The molecular weight excluding hydrogens is 326 g/mol. The first-order valence-electron chi connectivity index (χ1n) is 8.47. The van der Waals surface area contributed by atoms with Crippen LogP contribution in [0.3, 0.4) is 0 Å². The van der Waals surface area contributed by atoms with Gasteiger partial charge in [-0.25, -0.2) is 0 Å². The van der Waals surface area contributed by atoms with Gasteiger partial charge in [0, 0.05) is 13.0 Å². The molecule has 0 aromatic heterocycles. The molecule has 2 amide bonds. The largest absolute Gasteiger partial charge is 0.350 e. The summed E-state index contributed by atoms with van der Waals surface area (Å²) in [6.07, 6.45) is 3.69. The predicted molar refractivity (Wildman–Crippen MR) is 98.0 cm³/mol. The van der Waals surface area contributed by atoms with E-state index in [0.717, 1.165) is 37.9 Å². The molecule has 3 N–H and O–H groups in total. The molecule has 0 radical (unpaired) electrons. The number of hydrogen-bond acceptors (Lipinski definition) is 3. The van der Waals surface area contributed by atoms with Crippen molar-refractivity contribution in [3.05, 3.63) is 35.9 Å². The second-order valence-corrected chi connectivity index (χ2v) is 6.22. The van der Waals surface area contributed by atoms with Gasteiger partial charge in [-0.3, -0.25) is 9.59 Å². The van der Waals surface area contributed by atoms with Gasteiger partial charge in [0.15, 0.2) is 0 Å². The number of benzene rings is 1. The molecule has 1 unspecified atom stereocenters. The van der Waals surface area contributed by atoms with Crippen LogP contribution in [-0.4, -0.2) is 30.9 Å². The predicted octanol–water partition coefficient (Wildman–Crippen LogP) is 2.01. The van der Waals surface area contributed by atoms with Crippen LogP contribution in [0.25, 0.3) is 0 Å². The maximum absolute atomic E-state index is 12.0. The van der Waals surface area contributed by atoms with Crippen LogP contribution < -0.4 is 16.0 Å². The fraction of sp³-hybridized carbons (Fsp3) is 0.556. The molecule has 0 aliphatic carbocycles. The van der Waals surface area contributed by atoms with E-state index in [0.29, 0.717) is 18.9 Å². The lowest BCUT2D eigenvalue weighted by Gasteiger charge is -2.22. The first-order valence-corrected chi connectivity index (χ1v) is 8.47. The van der Waals surface area contributed by atoms with Crippen molar-refractivity contribution in [1.82, 2.24) is 16.0 Å². The quantitative estimate of drug-likeness (QED) is 0.702. The van der Waals surface area contributed by atoms with Crippen LogP contribution in [0.1, 0.15) is 38.2 Å². The van der Waals surface area contributed by atoms with E-state index in [1.54, 1.807) is 6.92 Å². The highest BCUT2D eigenvalue weighted by atomic mass is 35.5. The van der Waals surface area contributed by atoms with E-state index >= 15 is 0 Å². The van der Waals surface area contributed by atoms with E-state index in [1.165, 1.54) is 0 Å². The molecule has 1 aromatic carbocycles. The van der Waals surface area contributed by atoms with Crippen molar-refractivity contribution in [2.45, 2.75) is 45.2 Å². The summed E-state index contributed by atoms with van der Waals surface area (Å²) in [5.41, 5.74) is 1.05. The standard InChI is InChI=1S/C18H27N3O2.ClH/c1-14(18(23)20-13-16-5-3-2-4-6-16)21-17(22)8-7-15-9-11-19-12-10-15;/h2-6,14-15,19H,7-13H2,1H3,(H,20,23)(H,21,22);1H. The maximum Gasteiger partial charge on any atom is 0.242 e. The Morgan fingerprint density at radius 2 is 1.88 bits per heavy atom. The zero-order chi connectivity index (χ0) is 16.5. The molecular formula is C18H28ClN3O2. The lowest BCUT2D eigenvalue weighted by atomic mass is 9.93. The summed E-state index contributed by atoms with van der Waals surface area (Å²) in [4.78, 5) is 24.0. The van der Waals surface area contributed by atoms with Gasteiger partial charge in [-0.1, -0.05) is 30.3 Å². The van der Waals surface area contributed by atoms with E-state index in [9.17, 15) is 9.59 Å². The van der Waals surface area contributed by atoms with Crippen LogP contribution in [0.4, 0.5) is 0 Å². The van der Waals surface area contributed by atoms with Gasteiger partial charge in [-0.2, -0.15) is 0 Å². The topological polar surface area (TPSA) is 70.2 Å². The Bertz CT molecular complexity index is 504. The first-order chi connectivity index (χ1) is 11.1. The number of carbonyl (C=O) groups excluding carboxylic acids is 2. The van der Waals surface area contributed by atoms with E-state index in [2.05, 4.69) is 16.0 Å². The molecule has 0 spiro atoms. The summed E-state index contributed by atoms with van der Waals surface area (Å²) < 4.78 is 0. The van der Waals surface area contributed by atoms with E-state index in [-0.39, 0.29) is 24.2 Å². The summed E-state index contributed by atoms with van der Waals surface area (Å²) in [6.45, 7) is 4.30. The molecule has 1 atom stereocenters. The molecule has 1 saturated heterocycles. The van der Waals surface area contributed by atoms with E-state index in [4.69, 9.17) is 0 Å². The zero-order valence-corrected chi connectivity index (χ0v) is 15.0. The molecule has 134 valence electrons. The second kappa shape index (κ2) is 11.0. The third-order valence-corrected chi connectivity index (χ3v) is 4.32. The molecule has 1 aliphatic rings. The van der Waals surface area contributed by atoms with Crippen molar-refractivity contribution < 1.29 is 9.59 Å². The molecule has 1 fully saturated rings. The highest BCUT2D eigenvalue weighted by molar-refractivity contribution is 5.87. The number of rotatable bonds is 7. The Morgan fingerprint density at radius 3 is 2.54 bits per heavy atom. The third kappa shape index (κ3) is 7.32. The van der Waals surface area contributed by atoms with Crippen molar-refractivity contribution in [3.8, 4) is 0 Å². The normalized spacial score (nSPS) is 15.9. The fourth-order valence-electron chi connectivity index (χ4n) is 2.82. The third-order valence-electron chi connectivity index (χ3n) is 4.32. The number of piperidine rings is 1. The Morgan fingerprint density at radius 1 is 1.21 bits per heavy atom. The SMILES string of the molecule is CC(NC(=O)CCC1CCNCC1)C(=O)NCc1ccccc1.Cl. The molecule has 2 rings (SSSR count). The monoisotopic (exact) mass is 353 g/mol. The maximum atomic E-state index is 12.0. The van der Waals surface area contributed by atoms with Gasteiger partial charge >= 0.3 is 0 Å². The van der Waals surface area contributed by atoms with Crippen LogP contribution in [0.5, 0.6) is 0 Å². The van der Waals surface area contributed by atoms with Gasteiger partial charge in [0.1, 0.15) is 6.04 Å². The van der Waals surface area contributed by atoms with Crippen molar-refractivity contribution >= 4 is 24.2 Å². The van der Waals surface area contributed by atoms with Crippen molar-refractivity contribution in [3.63, 3.8) is 0 Å². The van der Waals surface area contributed by atoms with Gasteiger partial charge in [0.2, 0.25) is 11.8 Å². The van der Waals surface area contributed by atoms with E-state index < -0.39 is 6.04 Å². The van der Waals surface area contributed by atoms with Crippen molar-refractivity contribution in [1.29, 1.82) is 0 Å². The van der Waals surface area contributed by atoms with Crippen LogP contribution in [-0.2, 0) is 16.1 Å². The van der Waals surface area contributed by atoms with Crippen LogP contribution in [0.2, 0.25) is 0 Å². The highest BCUT2D eigenvalue weighted by Gasteiger charge is 2.18. The summed E-state index contributed by atoms with van der Waals surface area (Å²) in [5.74, 6) is 0.444. The van der Waals surface area contributed by atoms with E-state index in [1.807, 2.05) is 30.3 Å². The Kier molecular flexibility index (Phi) is 9.42. The van der Waals surface area contributed by atoms with Crippen molar-refractivity contribution in [2.75, 3.05) is 13.1 Å². The molecule has 6 heteroatoms. The lowest BCUT2D eigenvalue weighted by Crippen LogP contribution is -2.44. The number of carbonyl (C=O) groups is 2. The molecule has 24 heavy (non-hydrogen) atoms. The minimum absolute atomic E-state index is 0. The molecule has 1 aliphatic heterocycles. The summed E-state index contributed by atoms with van der Waals surface area (Å²) in [5, 5.41) is 8.96. The first kappa shape index (κ1) is 20.5. The summed E-state index contributed by atoms with van der Waals surface area (Å²) in [7, 11) is 0. The zero-order valence-electron chi connectivity index (χ0n) is 14.2. The minimum Gasteiger partial charge on any atom is -0.350 e.